The van der Waals surface area contributed by atoms with Crippen LogP contribution in [0.3, 0.4) is 0 Å². The lowest BCUT2D eigenvalue weighted by Gasteiger charge is -2.24. The maximum absolute atomic E-state index is 12.6. The first-order valence-corrected chi connectivity index (χ1v) is 9.38. The number of carbonyl (C=O) groups is 1. The van der Waals surface area contributed by atoms with E-state index >= 15 is 0 Å². The van der Waals surface area contributed by atoms with E-state index in [2.05, 4.69) is 4.98 Å². The molecule has 0 saturated carbocycles. The average molecular weight is 370 g/mol. The Morgan fingerprint density at radius 2 is 2.04 bits per heavy atom. The highest BCUT2D eigenvalue weighted by Crippen LogP contribution is 2.19. The highest BCUT2D eigenvalue weighted by molar-refractivity contribution is 7.09. The number of benzene rings is 1. The van der Waals surface area contributed by atoms with Crippen molar-refractivity contribution >= 4 is 17.2 Å². The molecule has 0 bridgehead atoms. The van der Waals surface area contributed by atoms with Crippen molar-refractivity contribution in [1.82, 2.24) is 9.88 Å². The summed E-state index contributed by atoms with van der Waals surface area (Å²) in [4.78, 5) is 18.9. The van der Waals surface area contributed by atoms with Gasteiger partial charge in [0.05, 0.1) is 18.5 Å². The summed E-state index contributed by atoms with van der Waals surface area (Å²) in [5.41, 5.74) is 2.05. The lowest BCUT2D eigenvalue weighted by atomic mass is 10.2. The fraction of sp³-hybridized carbons (Fsp3) is 0.300. The maximum atomic E-state index is 12.6. The molecule has 3 aromatic rings. The molecule has 0 radical (unpaired) electrons. The quantitative estimate of drug-likeness (QED) is 0.606. The van der Waals surface area contributed by atoms with Gasteiger partial charge in [0.1, 0.15) is 17.4 Å². The van der Waals surface area contributed by atoms with Gasteiger partial charge in [-0.15, -0.1) is 11.3 Å². The first-order chi connectivity index (χ1) is 12.5. The molecule has 0 fully saturated rings. The second kappa shape index (κ2) is 8.19. The van der Waals surface area contributed by atoms with E-state index in [0.717, 1.165) is 16.5 Å². The number of hydrogen-bond acceptors (Lipinski definition) is 5. The molecular weight excluding hydrogens is 348 g/mol. The molecule has 0 spiro atoms. The molecule has 1 amide bonds. The van der Waals surface area contributed by atoms with Crippen molar-refractivity contribution in [3.05, 3.63) is 70.1 Å². The van der Waals surface area contributed by atoms with Crippen LogP contribution in [0.2, 0.25) is 0 Å². The Morgan fingerprint density at radius 3 is 2.69 bits per heavy atom. The zero-order valence-corrected chi connectivity index (χ0v) is 16.0. The molecule has 26 heavy (non-hydrogen) atoms. The van der Waals surface area contributed by atoms with Crippen LogP contribution in [0.1, 0.15) is 40.7 Å². The molecule has 1 aromatic carbocycles. The molecule has 2 heterocycles. The summed E-state index contributed by atoms with van der Waals surface area (Å²) < 4.78 is 11.0. The molecule has 0 atom stereocenters. The van der Waals surface area contributed by atoms with Crippen molar-refractivity contribution < 1.29 is 13.9 Å². The van der Waals surface area contributed by atoms with Gasteiger partial charge in [0.25, 0.3) is 5.91 Å². The van der Waals surface area contributed by atoms with E-state index in [0.29, 0.717) is 18.9 Å². The van der Waals surface area contributed by atoms with Crippen LogP contribution >= 0.6 is 11.3 Å². The molecule has 0 aliphatic rings. The number of aromatic nitrogens is 1. The van der Waals surface area contributed by atoms with Gasteiger partial charge < -0.3 is 14.1 Å². The molecule has 0 saturated heterocycles. The number of thiazole rings is 1. The molecule has 0 unspecified atom stereocenters. The van der Waals surface area contributed by atoms with E-state index in [-0.39, 0.29) is 11.9 Å². The van der Waals surface area contributed by atoms with Crippen LogP contribution in [0, 0.1) is 6.92 Å². The van der Waals surface area contributed by atoms with Crippen molar-refractivity contribution in [2.75, 3.05) is 0 Å². The predicted molar refractivity (Wildman–Crippen MR) is 101 cm³/mol. The van der Waals surface area contributed by atoms with Gasteiger partial charge in [-0.2, -0.15) is 0 Å². The Bertz CT molecular complexity index is 838. The minimum atomic E-state index is -0.129. The van der Waals surface area contributed by atoms with Crippen molar-refractivity contribution in [1.29, 1.82) is 0 Å². The number of carbonyl (C=O) groups excluding carboxylic acids is 1. The third-order valence-corrected chi connectivity index (χ3v) is 4.80. The van der Waals surface area contributed by atoms with Crippen LogP contribution in [0.25, 0.3) is 0 Å². The molecule has 0 N–H and O–H groups in total. The summed E-state index contributed by atoms with van der Waals surface area (Å²) in [5.74, 6) is 1.04. The topological polar surface area (TPSA) is 55.6 Å². The first-order valence-electron chi connectivity index (χ1n) is 8.50. The van der Waals surface area contributed by atoms with Crippen LogP contribution in [-0.2, 0) is 13.2 Å². The summed E-state index contributed by atoms with van der Waals surface area (Å²) in [6, 6.07) is 11.4. The van der Waals surface area contributed by atoms with Gasteiger partial charge in [0, 0.05) is 11.4 Å². The lowest BCUT2D eigenvalue weighted by Crippen LogP contribution is -2.36. The fourth-order valence-electron chi connectivity index (χ4n) is 2.47. The maximum Gasteiger partial charge on any atom is 0.290 e. The van der Waals surface area contributed by atoms with E-state index < -0.39 is 0 Å². The van der Waals surface area contributed by atoms with Gasteiger partial charge in [-0.1, -0.05) is 17.7 Å². The van der Waals surface area contributed by atoms with E-state index in [1.54, 1.807) is 17.0 Å². The summed E-state index contributed by atoms with van der Waals surface area (Å²) in [7, 11) is 0. The van der Waals surface area contributed by atoms with Gasteiger partial charge in [-0.3, -0.25) is 4.79 Å². The van der Waals surface area contributed by atoms with Crippen LogP contribution in [0.15, 0.2) is 52.5 Å². The Morgan fingerprint density at radius 1 is 1.27 bits per heavy atom. The summed E-state index contributed by atoms with van der Waals surface area (Å²) in [5, 5.41) is 2.85. The van der Waals surface area contributed by atoms with Gasteiger partial charge in [0.2, 0.25) is 0 Å². The minimum absolute atomic E-state index is 0.0431. The summed E-state index contributed by atoms with van der Waals surface area (Å²) >= 11 is 1.54. The summed E-state index contributed by atoms with van der Waals surface area (Å²) in [6.07, 6.45) is 1.51. The Labute approximate surface area is 157 Å². The first kappa shape index (κ1) is 18.2. The lowest BCUT2D eigenvalue weighted by molar-refractivity contribution is 0.0655. The average Bonchev–Trinajstić information content (AvgIpc) is 3.30. The third-order valence-electron chi connectivity index (χ3n) is 3.93. The monoisotopic (exact) mass is 370 g/mol. The predicted octanol–water partition coefficient (Wildman–Crippen LogP) is 4.67. The zero-order valence-electron chi connectivity index (χ0n) is 15.1. The number of furan rings is 1. The second-order valence-corrected chi connectivity index (χ2v) is 7.28. The van der Waals surface area contributed by atoms with Crippen molar-refractivity contribution in [3.8, 4) is 5.75 Å². The number of amides is 1. The molecule has 6 heteroatoms. The highest BCUT2D eigenvalue weighted by Gasteiger charge is 2.22. The smallest absolute Gasteiger partial charge is 0.290 e. The largest absolute Gasteiger partial charge is 0.486 e. The van der Waals surface area contributed by atoms with Gasteiger partial charge >= 0.3 is 0 Å². The molecule has 2 aromatic heterocycles. The van der Waals surface area contributed by atoms with Crippen molar-refractivity contribution in [2.45, 2.75) is 40.0 Å². The van der Waals surface area contributed by atoms with E-state index in [1.165, 1.54) is 23.2 Å². The number of ether oxygens (including phenoxy) is 1. The molecule has 3 rings (SSSR count). The van der Waals surface area contributed by atoms with Crippen LogP contribution in [0.5, 0.6) is 5.75 Å². The second-order valence-electron chi connectivity index (χ2n) is 6.34. The van der Waals surface area contributed by atoms with E-state index in [9.17, 15) is 4.79 Å². The van der Waals surface area contributed by atoms with Gasteiger partial charge in [-0.25, -0.2) is 4.98 Å². The standard InChI is InChI=1S/C20H22N2O3S/c1-14(2)22(20(23)18-5-4-10-24-18)11-16-13-26-19(21-16)12-25-17-8-6-15(3)7-9-17/h4-10,13-14H,11-12H2,1-3H3. The molecule has 0 aliphatic heterocycles. The van der Waals surface area contributed by atoms with E-state index in [4.69, 9.17) is 9.15 Å². The molecular formula is C20H22N2O3S. The van der Waals surface area contributed by atoms with Crippen LogP contribution in [-0.4, -0.2) is 21.8 Å². The molecule has 5 nitrogen and oxygen atoms in total. The number of aryl methyl sites for hydroxylation is 1. The van der Waals surface area contributed by atoms with Crippen LogP contribution < -0.4 is 4.74 Å². The molecule has 0 aliphatic carbocycles. The van der Waals surface area contributed by atoms with Gasteiger partial charge in [-0.05, 0) is 45.0 Å². The highest BCUT2D eigenvalue weighted by atomic mass is 32.1. The number of rotatable bonds is 7. The third kappa shape index (κ3) is 4.52. The summed E-state index contributed by atoms with van der Waals surface area (Å²) in [6.45, 7) is 6.87. The normalized spacial score (nSPS) is 10.9. The van der Waals surface area contributed by atoms with Crippen molar-refractivity contribution in [2.24, 2.45) is 0 Å². The van der Waals surface area contributed by atoms with E-state index in [1.807, 2.05) is 50.4 Å². The van der Waals surface area contributed by atoms with Crippen molar-refractivity contribution in [3.63, 3.8) is 0 Å². The number of nitrogens with zero attached hydrogens (tertiary/aromatic N) is 2. The number of hydrogen-bond donors (Lipinski definition) is 0. The Kier molecular flexibility index (Phi) is 5.73. The fourth-order valence-corrected chi connectivity index (χ4v) is 3.17. The minimum Gasteiger partial charge on any atom is -0.486 e. The van der Waals surface area contributed by atoms with Gasteiger partial charge in [0.15, 0.2) is 5.76 Å². The van der Waals surface area contributed by atoms with Crippen LogP contribution in [0.4, 0.5) is 0 Å². The Hall–Kier alpha value is -2.60. The SMILES string of the molecule is Cc1ccc(OCc2nc(CN(C(=O)c3ccco3)C(C)C)cs2)cc1. The zero-order chi connectivity index (χ0) is 18.5. The molecule has 136 valence electrons. The Balaban J connectivity index is 1.62.